The number of aryl methyl sites for hydroxylation is 1. The van der Waals surface area contributed by atoms with Crippen LogP contribution in [0.3, 0.4) is 0 Å². The lowest BCUT2D eigenvalue weighted by Crippen LogP contribution is -2.48. The van der Waals surface area contributed by atoms with E-state index < -0.39 is 0 Å². The predicted molar refractivity (Wildman–Crippen MR) is 108 cm³/mol. The highest BCUT2D eigenvalue weighted by Gasteiger charge is 2.31. The smallest absolute Gasteiger partial charge is 0.250 e. The topological polar surface area (TPSA) is 79.2 Å². The molecule has 0 radical (unpaired) electrons. The zero-order chi connectivity index (χ0) is 18.6. The quantitative estimate of drug-likeness (QED) is 0.839. The van der Waals surface area contributed by atoms with Crippen molar-refractivity contribution in [3.05, 3.63) is 24.7 Å². The van der Waals surface area contributed by atoms with Gasteiger partial charge in [0.1, 0.15) is 29.8 Å². The van der Waals surface area contributed by atoms with Crippen LogP contribution in [-0.2, 0) is 11.3 Å². The minimum absolute atomic E-state index is 0.0750. The van der Waals surface area contributed by atoms with Gasteiger partial charge in [0.25, 0.3) is 5.91 Å². The monoisotopic (exact) mass is 387 g/mol. The number of thioether (sulfide) groups is 1. The summed E-state index contributed by atoms with van der Waals surface area (Å²) in [6, 6.07) is 3.58. The minimum Gasteiger partial charge on any atom is -0.358 e. The van der Waals surface area contributed by atoms with Crippen molar-refractivity contribution in [1.82, 2.24) is 19.7 Å². The normalized spacial score (nSPS) is 20.8. The number of piperidine rings is 1. The Morgan fingerprint density at radius 3 is 2.93 bits per heavy atom. The van der Waals surface area contributed by atoms with E-state index in [1.54, 1.807) is 12.5 Å². The largest absolute Gasteiger partial charge is 0.358 e. The van der Waals surface area contributed by atoms with Gasteiger partial charge in [-0.15, -0.1) is 0 Å². The summed E-state index contributed by atoms with van der Waals surface area (Å²) in [5.41, 5.74) is 0. The molecule has 0 saturated carbocycles. The average molecular weight is 388 g/mol. The maximum absolute atomic E-state index is 13.0. The minimum atomic E-state index is -0.279. The van der Waals surface area contributed by atoms with Gasteiger partial charge >= 0.3 is 0 Å². The third-order valence-electron chi connectivity index (χ3n) is 5.02. The second-order valence-corrected chi connectivity index (χ2v) is 7.92. The van der Waals surface area contributed by atoms with Crippen LogP contribution in [0.1, 0.15) is 19.8 Å². The van der Waals surface area contributed by atoms with Crippen LogP contribution in [0, 0.1) is 0 Å². The molecule has 2 aliphatic rings. The summed E-state index contributed by atoms with van der Waals surface area (Å²) in [7, 11) is 0. The SMILES string of the molecule is CCn1nccc1N1CCCC(Nc2cc(N3CCSCC3)ncn2)C1=O. The Morgan fingerprint density at radius 1 is 1.26 bits per heavy atom. The van der Waals surface area contributed by atoms with Gasteiger partial charge in [-0.05, 0) is 19.8 Å². The maximum atomic E-state index is 13.0. The van der Waals surface area contributed by atoms with Crippen LogP contribution >= 0.6 is 11.8 Å². The molecule has 0 aliphatic carbocycles. The van der Waals surface area contributed by atoms with E-state index in [1.807, 2.05) is 40.4 Å². The standard InChI is InChI=1S/C18H25N7OS/c1-2-25-17(5-6-21-25)24-7-3-4-14(18(24)26)22-15-12-16(20-13-19-15)23-8-10-27-11-9-23/h5-6,12-14H,2-4,7-11H2,1H3,(H,19,20,22). The van der Waals surface area contributed by atoms with E-state index in [-0.39, 0.29) is 11.9 Å². The number of carbonyl (C=O) groups excluding carboxylic acids is 1. The first-order valence-electron chi connectivity index (χ1n) is 9.50. The van der Waals surface area contributed by atoms with E-state index in [9.17, 15) is 4.79 Å². The zero-order valence-electron chi connectivity index (χ0n) is 15.5. The number of carbonyl (C=O) groups is 1. The van der Waals surface area contributed by atoms with E-state index in [2.05, 4.69) is 25.3 Å². The van der Waals surface area contributed by atoms with Gasteiger partial charge in [-0.25, -0.2) is 14.6 Å². The first-order chi connectivity index (χ1) is 13.3. The van der Waals surface area contributed by atoms with Crippen LogP contribution in [0.15, 0.2) is 24.7 Å². The molecule has 2 aliphatic heterocycles. The fourth-order valence-electron chi connectivity index (χ4n) is 3.61. The second kappa shape index (κ2) is 8.16. The van der Waals surface area contributed by atoms with Crippen LogP contribution in [-0.4, -0.2) is 62.8 Å². The van der Waals surface area contributed by atoms with Crippen LogP contribution in [0.2, 0.25) is 0 Å². The Morgan fingerprint density at radius 2 is 2.11 bits per heavy atom. The maximum Gasteiger partial charge on any atom is 0.250 e. The molecule has 4 heterocycles. The van der Waals surface area contributed by atoms with Gasteiger partial charge in [0.2, 0.25) is 0 Å². The Bertz CT molecular complexity index is 790. The van der Waals surface area contributed by atoms with Crippen molar-refractivity contribution in [3.63, 3.8) is 0 Å². The number of nitrogens with one attached hydrogen (secondary N) is 1. The summed E-state index contributed by atoms with van der Waals surface area (Å²) >= 11 is 1.97. The van der Waals surface area contributed by atoms with Gasteiger partial charge in [-0.1, -0.05) is 0 Å². The second-order valence-electron chi connectivity index (χ2n) is 6.70. The Kier molecular flexibility index (Phi) is 5.47. The summed E-state index contributed by atoms with van der Waals surface area (Å²) in [6.45, 7) is 5.50. The number of hydrogen-bond acceptors (Lipinski definition) is 7. The highest BCUT2D eigenvalue weighted by Crippen LogP contribution is 2.24. The van der Waals surface area contributed by atoms with Crippen molar-refractivity contribution in [3.8, 4) is 0 Å². The first-order valence-corrected chi connectivity index (χ1v) is 10.7. The lowest BCUT2D eigenvalue weighted by atomic mass is 10.0. The van der Waals surface area contributed by atoms with Crippen molar-refractivity contribution in [2.75, 3.05) is 46.3 Å². The third-order valence-corrected chi connectivity index (χ3v) is 5.96. The Labute approximate surface area is 163 Å². The van der Waals surface area contributed by atoms with Gasteiger partial charge in [0, 0.05) is 49.8 Å². The number of aromatic nitrogens is 4. The van der Waals surface area contributed by atoms with Gasteiger partial charge < -0.3 is 10.2 Å². The van der Waals surface area contributed by atoms with Crippen LogP contribution in [0.5, 0.6) is 0 Å². The predicted octanol–water partition coefficient (Wildman–Crippen LogP) is 1.85. The molecule has 1 amide bonds. The fourth-order valence-corrected chi connectivity index (χ4v) is 4.51. The van der Waals surface area contributed by atoms with Crippen molar-refractivity contribution in [2.45, 2.75) is 32.4 Å². The number of anilines is 3. The summed E-state index contributed by atoms with van der Waals surface area (Å²) < 4.78 is 1.86. The Balaban J connectivity index is 1.48. The Hall–Kier alpha value is -2.29. The highest BCUT2D eigenvalue weighted by molar-refractivity contribution is 7.99. The van der Waals surface area contributed by atoms with Crippen molar-refractivity contribution >= 4 is 35.1 Å². The molecule has 2 saturated heterocycles. The molecule has 1 N–H and O–H groups in total. The molecule has 9 heteroatoms. The van der Waals surface area contributed by atoms with Gasteiger partial charge in [-0.3, -0.25) is 9.69 Å². The first kappa shape index (κ1) is 18.1. The van der Waals surface area contributed by atoms with Crippen molar-refractivity contribution < 1.29 is 4.79 Å². The van der Waals surface area contributed by atoms with E-state index in [0.29, 0.717) is 5.82 Å². The molecular weight excluding hydrogens is 362 g/mol. The molecule has 2 aromatic heterocycles. The van der Waals surface area contributed by atoms with Crippen LogP contribution in [0.4, 0.5) is 17.5 Å². The molecule has 8 nitrogen and oxygen atoms in total. The lowest BCUT2D eigenvalue weighted by molar-refractivity contribution is -0.120. The lowest BCUT2D eigenvalue weighted by Gasteiger charge is -2.33. The molecule has 1 atom stereocenters. The zero-order valence-corrected chi connectivity index (χ0v) is 16.4. The number of nitrogens with zero attached hydrogens (tertiary/aromatic N) is 6. The number of amides is 1. The van der Waals surface area contributed by atoms with Crippen molar-refractivity contribution in [2.24, 2.45) is 0 Å². The molecule has 0 spiro atoms. The summed E-state index contributed by atoms with van der Waals surface area (Å²) in [5, 5.41) is 7.63. The number of hydrogen-bond donors (Lipinski definition) is 1. The molecule has 144 valence electrons. The van der Waals surface area contributed by atoms with E-state index >= 15 is 0 Å². The summed E-state index contributed by atoms with van der Waals surface area (Å²) in [4.78, 5) is 25.9. The summed E-state index contributed by atoms with van der Waals surface area (Å²) in [6.07, 6.45) is 5.07. The van der Waals surface area contributed by atoms with Gasteiger partial charge in [0.15, 0.2) is 0 Å². The molecule has 4 rings (SSSR count). The molecule has 27 heavy (non-hydrogen) atoms. The molecular formula is C18H25N7OS. The van der Waals surface area contributed by atoms with Gasteiger partial charge in [0.05, 0.1) is 6.20 Å². The average Bonchev–Trinajstić information content (AvgIpc) is 3.19. The molecule has 1 unspecified atom stereocenters. The van der Waals surface area contributed by atoms with Crippen molar-refractivity contribution in [1.29, 1.82) is 0 Å². The van der Waals surface area contributed by atoms with E-state index in [0.717, 1.165) is 62.2 Å². The van der Waals surface area contributed by atoms with E-state index in [4.69, 9.17) is 0 Å². The van der Waals surface area contributed by atoms with Crippen LogP contribution < -0.4 is 15.1 Å². The molecule has 0 bridgehead atoms. The molecule has 2 fully saturated rings. The third kappa shape index (κ3) is 3.87. The fraction of sp³-hybridized carbons (Fsp3) is 0.556. The summed E-state index contributed by atoms with van der Waals surface area (Å²) in [5.74, 6) is 4.82. The van der Waals surface area contributed by atoms with Gasteiger partial charge in [-0.2, -0.15) is 16.9 Å². The highest BCUT2D eigenvalue weighted by atomic mass is 32.2. The van der Waals surface area contributed by atoms with Crippen LogP contribution in [0.25, 0.3) is 0 Å². The van der Waals surface area contributed by atoms with E-state index in [1.165, 1.54) is 0 Å². The molecule has 2 aromatic rings. The molecule has 0 aromatic carbocycles. The number of rotatable bonds is 5.